The zero-order chi connectivity index (χ0) is 21.1. The first-order valence-corrected chi connectivity index (χ1v) is 9.55. The van der Waals surface area contributed by atoms with Crippen LogP contribution in [0.4, 0.5) is 0 Å². The van der Waals surface area contributed by atoms with Crippen molar-refractivity contribution in [2.45, 2.75) is 6.04 Å². The lowest BCUT2D eigenvalue weighted by Crippen LogP contribution is -2.35. The molecule has 152 valence electrons. The van der Waals surface area contributed by atoms with Gasteiger partial charge in [0.25, 0.3) is 11.7 Å². The third kappa shape index (κ3) is 4.13. The molecule has 1 heterocycles. The van der Waals surface area contributed by atoms with E-state index in [4.69, 9.17) is 16.3 Å². The summed E-state index contributed by atoms with van der Waals surface area (Å²) in [6.07, 6.45) is 0. The van der Waals surface area contributed by atoms with Gasteiger partial charge in [-0.3, -0.25) is 9.59 Å². The number of amides is 1. The second-order valence-electron chi connectivity index (χ2n) is 7.05. The van der Waals surface area contributed by atoms with E-state index in [9.17, 15) is 14.7 Å². The van der Waals surface area contributed by atoms with Crippen molar-refractivity contribution in [1.82, 2.24) is 9.80 Å². The smallest absolute Gasteiger partial charge is 0.295 e. The summed E-state index contributed by atoms with van der Waals surface area (Å²) in [6, 6.07) is 13.3. The van der Waals surface area contributed by atoms with Crippen molar-refractivity contribution in [1.29, 1.82) is 0 Å². The van der Waals surface area contributed by atoms with Gasteiger partial charge in [-0.15, -0.1) is 0 Å². The Morgan fingerprint density at radius 2 is 1.86 bits per heavy atom. The lowest BCUT2D eigenvalue weighted by Gasteiger charge is -2.26. The van der Waals surface area contributed by atoms with Crippen LogP contribution in [0.2, 0.25) is 5.02 Å². The Labute approximate surface area is 174 Å². The summed E-state index contributed by atoms with van der Waals surface area (Å²) < 4.78 is 5.32. The fourth-order valence-corrected chi connectivity index (χ4v) is 3.58. The van der Waals surface area contributed by atoms with E-state index in [0.29, 0.717) is 23.9 Å². The molecule has 29 heavy (non-hydrogen) atoms. The summed E-state index contributed by atoms with van der Waals surface area (Å²) in [7, 11) is 5.25. The van der Waals surface area contributed by atoms with E-state index in [0.717, 1.165) is 5.56 Å². The van der Waals surface area contributed by atoms with Crippen molar-refractivity contribution in [2.75, 3.05) is 34.3 Å². The van der Waals surface area contributed by atoms with Crippen LogP contribution in [0.25, 0.3) is 5.76 Å². The first-order valence-electron chi connectivity index (χ1n) is 9.17. The van der Waals surface area contributed by atoms with Gasteiger partial charge in [0.1, 0.15) is 11.5 Å². The predicted octanol–water partition coefficient (Wildman–Crippen LogP) is 3.33. The highest BCUT2D eigenvalue weighted by atomic mass is 35.5. The molecule has 0 spiro atoms. The van der Waals surface area contributed by atoms with Crippen molar-refractivity contribution in [3.05, 3.63) is 70.3 Å². The van der Waals surface area contributed by atoms with E-state index >= 15 is 0 Å². The van der Waals surface area contributed by atoms with Crippen LogP contribution in [-0.4, -0.2) is 60.9 Å². The number of ether oxygens (including phenoxy) is 1. The van der Waals surface area contributed by atoms with Gasteiger partial charge >= 0.3 is 0 Å². The van der Waals surface area contributed by atoms with Crippen LogP contribution in [0.3, 0.4) is 0 Å². The topological polar surface area (TPSA) is 70.1 Å². The Bertz CT molecular complexity index is 957. The number of hydrogen-bond acceptors (Lipinski definition) is 5. The first-order chi connectivity index (χ1) is 13.8. The summed E-state index contributed by atoms with van der Waals surface area (Å²) >= 11 is 6.10. The third-order valence-corrected chi connectivity index (χ3v) is 5.10. The van der Waals surface area contributed by atoms with Gasteiger partial charge in [0.15, 0.2) is 0 Å². The molecular formula is C22H23ClN2O4. The number of carbonyl (C=O) groups is 2. The molecule has 1 fully saturated rings. The van der Waals surface area contributed by atoms with Gasteiger partial charge < -0.3 is 19.6 Å². The average molecular weight is 415 g/mol. The van der Waals surface area contributed by atoms with Gasteiger partial charge in [-0.2, -0.15) is 0 Å². The number of halogens is 1. The van der Waals surface area contributed by atoms with Gasteiger partial charge in [0.05, 0.1) is 24.3 Å². The number of rotatable bonds is 6. The van der Waals surface area contributed by atoms with Crippen LogP contribution in [0.5, 0.6) is 5.75 Å². The molecule has 0 bridgehead atoms. The van der Waals surface area contributed by atoms with Crippen LogP contribution in [0.1, 0.15) is 17.2 Å². The minimum atomic E-state index is -0.725. The Morgan fingerprint density at radius 3 is 2.48 bits per heavy atom. The van der Waals surface area contributed by atoms with Crippen molar-refractivity contribution in [2.24, 2.45) is 0 Å². The van der Waals surface area contributed by atoms with Gasteiger partial charge in [0, 0.05) is 18.1 Å². The normalized spacial score (nSPS) is 18.5. The highest BCUT2D eigenvalue weighted by molar-refractivity contribution is 6.46. The molecule has 2 aromatic rings. The van der Waals surface area contributed by atoms with E-state index in [1.54, 1.807) is 12.1 Å². The highest BCUT2D eigenvalue weighted by Crippen LogP contribution is 2.41. The minimum absolute atomic E-state index is 0.0283. The molecule has 1 unspecified atom stereocenters. The number of likely N-dealkylation sites (N-methyl/N-ethyl adjacent to an activating group) is 1. The molecule has 0 radical (unpaired) electrons. The van der Waals surface area contributed by atoms with Crippen molar-refractivity contribution < 1.29 is 19.4 Å². The minimum Gasteiger partial charge on any atom is -0.507 e. The van der Waals surface area contributed by atoms with Crippen LogP contribution in [0, 0.1) is 0 Å². The molecule has 1 N–H and O–H groups in total. The molecule has 6 nitrogen and oxygen atoms in total. The number of benzene rings is 2. The quantitative estimate of drug-likeness (QED) is 0.446. The van der Waals surface area contributed by atoms with Crippen LogP contribution < -0.4 is 4.74 Å². The number of carbonyl (C=O) groups excluding carboxylic acids is 2. The summed E-state index contributed by atoms with van der Waals surface area (Å²) in [5.74, 6) is -1.30. The molecule has 1 aliphatic rings. The van der Waals surface area contributed by atoms with Gasteiger partial charge in [-0.05, 0) is 37.9 Å². The number of hydrogen-bond donors (Lipinski definition) is 1. The SMILES string of the molecule is COc1ccc(Cl)cc1/C(O)=C1\C(=O)C(=O)N(CCN(C)C)C1c1ccccc1. The Kier molecular flexibility index (Phi) is 6.25. The Balaban J connectivity index is 2.19. The van der Waals surface area contributed by atoms with E-state index in [-0.39, 0.29) is 16.9 Å². The second-order valence-corrected chi connectivity index (χ2v) is 7.49. The van der Waals surface area contributed by atoms with Crippen LogP contribution in [-0.2, 0) is 9.59 Å². The molecule has 3 rings (SSSR count). The maximum atomic E-state index is 12.9. The van der Waals surface area contributed by atoms with Crippen molar-refractivity contribution in [3.63, 3.8) is 0 Å². The summed E-state index contributed by atoms with van der Waals surface area (Å²) in [5.41, 5.74) is 1.04. The second kappa shape index (κ2) is 8.68. The maximum absolute atomic E-state index is 12.9. The number of aliphatic hydroxyl groups is 1. The lowest BCUT2D eigenvalue weighted by atomic mass is 9.95. The van der Waals surface area contributed by atoms with Crippen molar-refractivity contribution >= 4 is 29.1 Å². The van der Waals surface area contributed by atoms with Gasteiger partial charge in [-0.25, -0.2) is 0 Å². The molecular weight excluding hydrogens is 392 g/mol. The number of ketones is 1. The number of aliphatic hydroxyl groups excluding tert-OH is 1. The maximum Gasteiger partial charge on any atom is 0.295 e. The zero-order valence-electron chi connectivity index (χ0n) is 16.6. The zero-order valence-corrected chi connectivity index (χ0v) is 17.3. The Morgan fingerprint density at radius 1 is 1.17 bits per heavy atom. The van der Waals surface area contributed by atoms with Crippen molar-refractivity contribution in [3.8, 4) is 5.75 Å². The number of Topliss-reactive ketones (excluding diaryl/α,β-unsaturated/α-hetero) is 1. The standard InChI is InChI=1S/C22H23ClN2O4/c1-24(2)11-12-25-19(14-7-5-4-6-8-14)18(21(27)22(25)28)20(26)16-13-15(23)9-10-17(16)29-3/h4-10,13,19,26H,11-12H2,1-3H3/b20-18+. The molecule has 1 aliphatic heterocycles. The highest BCUT2D eigenvalue weighted by Gasteiger charge is 2.46. The molecule has 2 aromatic carbocycles. The molecule has 1 atom stereocenters. The van der Waals surface area contributed by atoms with Crippen LogP contribution in [0.15, 0.2) is 54.1 Å². The molecule has 0 aliphatic carbocycles. The number of nitrogens with zero attached hydrogens (tertiary/aromatic N) is 2. The van der Waals surface area contributed by atoms with E-state index in [1.807, 2.05) is 49.3 Å². The summed E-state index contributed by atoms with van der Waals surface area (Å²) in [4.78, 5) is 29.2. The Hall–Kier alpha value is -2.83. The van der Waals surface area contributed by atoms with E-state index < -0.39 is 17.7 Å². The molecule has 1 amide bonds. The molecule has 1 saturated heterocycles. The summed E-state index contributed by atoms with van der Waals surface area (Å²) in [5, 5.41) is 11.5. The largest absolute Gasteiger partial charge is 0.507 e. The third-order valence-electron chi connectivity index (χ3n) is 4.86. The number of likely N-dealkylation sites (tertiary alicyclic amines) is 1. The molecule has 7 heteroatoms. The van der Waals surface area contributed by atoms with E-state index in [1.165, 1.54) is 18.1 Å². The molecule has 0 aromatic heterocycles. The first kappa shape index (κ1) is 20.9. The van der Waals surface area contributed by atoms with E-state index in [2.05, 4.69) is 0 Å². The fourth-order valence-electron chi connectivity index (χ4n) is 3.41. The average Bonchev–Trinajstić information content (AvgIpc) is 2.97. The van der Waals surface area contributed by atoms with Crippen LogP contribution >= 0.6 is 11.6 Å². The number of methoxy groups -OCH3 is 1. The van der Waals surface area contributed by atoms with Gasteiger partial charge in [0.2, 0.25) is 0 Å². The predicted molar refractivity (Wildman–Crippen MR) is 112 cm³/mol. The monoisotopic (exact) mass is 414 g/mol. The summed E-state index contributed by atoms with van der Waals surface area (Å²) in [6.45, 7) is 0.928. The van der Waals surface area contributed by atoms with Gasteiger partial charge in [-0.1, -0.05) is 41.9 Å². The lowest BCUT2D eigenvalue weighted by molar-refractivity contribution is -0.140. The fraction of sp³-hybridized carbons (Fsp3) is 0.273. The molecule has 0 saturated carbocycles.